The lowest BCUT2D eigenvalue weighted by molar-refractivity contribution is -0.130. The fraction of sp³-hybridized carbons (Fsp3) is 0.846. The second-order valence-corrected chi connectivity index (χ2v) is 5.67. The number of carbonyl (C=O) groups is 2. The molecule has 1 aliphatic heterocycles. The lowest BCUT2D eigenvalue weighted by Crippen LogP contribution is -2.38. The topological polar surface area (TPSA) is 72.6 Å². The molecule has 1 saturated heterocycles. The second kappa shape index (κ2) is 6.07. The van der Waals surface area contributed by atoms with Crippen molar-refractivity contribution in [2.75, 3.05) is 13.1 Å². The molecule has 1 rings (SSSR count). The minimum atomic E-state index is -0.716. The van der Waals surface area contributed by atoms with E-state index in [1.165, 1.54) is 0 Å². The van der Waals surface area contributed by atoms with Crippen molar-refractivity contribution in [2.45, 2.75) is 52.1 Å². The zero-order chi connectivity index (χ0) is 13.8. The van der Waals surface area contributed by atoms with Gasteiger partial charge in [-0.05, 0) is 45.4 Å². The molecule has 1 aliphatic rings. The number of nitrogens with zero attached hydrogens (tertiary/aromatic N) is 1. The van der Waals surface area contributed by atoms with Gasteiger partial charge in [0.25, 0.3) is 0 Å². The van der Waals surface area contributed by atoms with E-state index in [0.717, 1.165) is 38.8 Å². The third kappa shape index (κ3) is 4.94. The van der Waals surface area contributed by atoms with Crippen LogP contribution in [-0.2, 0) is 9.53 Å². The number of nitrogens with two attached hydrogens (primary N) is 1. The summed E-state index contributed by atoms with van der Waals surface area (Å²) in [5.41, 5.74) is 4.54. The molecule has 0 unspecified atom stereocenters. The Labute approximate surface area is 109 Å². The van der Waals surface area contributed by atoms with Gasteiger partial charge in [-0.25, -0.2) is 4.79 Å². The summed E-state index contributed by atoms with van der Waals surface area (Å²) in [6.07, 6.45) is 3.16. The van der Waals surface area contributed by atoms with Crippen LogP contribution in [0.1, 0.15) is 46.5 Å². The third-order valence-electron chi connectivity index (χ3n) is 3.59. The maximum absolute atomic E-state index is 11.2. The Hall–Kier alpha value is -1.26. The molecule has 0 saturated carbocycles. The van der Waals surface area contributed by atoms with Crippen molar-refractivity contribution in [3.63, 3.8) is 0 Å². The van der Waals surface area contributed by atoms with Crippen molar-refractivity contribution in [1.82, 2.24) is 4.90 Å². The average molecular weight is 256 g/mol. The molecule has 0 aromatic heterocycles. The average Bonchev–Trinajstić information content (AvgIpc) is 2.25. The molecular formula is C13H24N2O3. The summed E-state index contributed by atoms with van der Waals surface area (Å²) in [6.45, 7) is 7.06. The smallest absolute Gasteiger partial charge is 0.405 e. The molecule has 1 fully saturated rings. The lowest BCUT2D eigenvalue weighted by atomic mass is 9.88. The Bertz CT molecular complexity index is 307. The van der Waals surface area contributed by atoms with E-state index in [4.69, 9.17) is 10.5 Å². The van der Waals surface area contributed by atoms with Crippen molar-refractivity contribution in [3.8, 4) is 0 Å². The summed E-state index contributed by atoms with van der Waals surface area (Å²) in [5, 5.41) is 0. The van der Waals surface area contributed by atoms with Gasteiger partial charge in [-0.2, -0.15) is 0 Å². The van der Waals surface area contributed by atoms with Crippen LogP contribution in [0.5, 0.6) is 0 Å². The standard InChI is InChI=1S/C13H24N2O3/c1-10(16)15-8-5-11(6-9-15)4-7-13(2,3)18-12(14)17/h11H,4-9H2,1-3H3,(H2,14,17). The van der Waals surface area contributed by atoms with Crippen LogP contribution < -0.4 is 5.73 Å². The summed E-state index contributed by atoms with van der Waals surface area (Å²) in [7, 11) is 0. The van der Waals surface area contributed by atoms with E-state index in [1.807, 2.05) is 18.7 Å². The van der Waals surface area contributed by atoms with Gasteiger partial charge in [0.05, 0.1) is 0 Å². The van der Waals surface area contributed by atoms with Crippen LogP contribution in [0.4, 0.5) is 4.79 Å². The van der Waals surface area contributed by atoms with Crippen LogP contribution in [0, 0.1) is 5.92 Å². The zero-order valence-corrected chi connectivity index (χ0v) is 11.6. The minimum Gasteiger partial charge on any atom is -0.444 e. The van der Waals surface area contributed by atoms with Crippen LogP contribution in [0.3, 0.4) is 0 Å². The van der Waals surface area contributed by atoms with Crippen LogP contribution in [0.15, 0.2) is 0 Å². The number of ether oxygens (including phenoxy) is 1. The number of hydrogen-bond acceptors (Lipinski definition) is 3. The van der Waals surface area contributed by atoms with Gasteiger partial charge in [0.15, 0.2) is 0 Å². The second-order valence-electron chi connectivity index (χ2n) is 5.67. The van der Waals surface area contributed by atoms with Crippen molar-refractivity contribution in [2.24, 2.45) is 11.7 Å². The summed E-state index contributed by atoms with van der Waals surface area (Å²) in [5.74, 6) is 0.766. The summed E-state index contributed by atoms with van der Waals surface area (Å²) in [6, 6.07) is 0. The molecule has 0 radical (unpaired) electrons. The largest absolute Gasteiger partial charge is 0.444 e. The van der Waals surface area contributed by atoms with Gasteiger partial charge in [0, 0.05) is 20.0 Å². The van der Waals surface area contributed by atoms with E-state index in [2.05, 4.69) is 0 Å². The number of rotatable bonds is 4. The molecule has 5 nitrogen and oxygen atoms in total. The fourth-order valence-corrected chi connectivity index (χ4v) is 2.41. The molecule has 0 spiro atoms. The number of likely N-dealkylation sites (tertiary alicyclic amines) is 1. The first-order chi connectivity index (χ1) is 8.30. The van der Waals surface area contributed by atoms with E-state index in [9.17, 15) is 9.59 Å². The molecule has 2 amide bonds. The van der Waals surface area contributed by atoms with E-state index in [1.54, 1.807) is 6.92 Å². The van der Waals surface area contributed by atoms with E-state index >= 15 is 0 Å². The molecule has 1 heterocycles. The van der Waals surface area contributed by atoms with E-state index < -0.39 is 11.7 Å². The van der Waals surface area contributed by atoms with E-state index in [-0.39, 0.29) is 5.91 Å². The highest BCUT2D eigenvalue weighted by Gasteiger charge is 2.26. The van der Waals surface area contributed by atoms with Crippen LogP contribution >= 0.6 is 0 Å². The van der Waals surface area contributed by atoms with Gasteiger partial charge < -0.3 is 15.4 Å². The van der Waals surface area contributed by atoms with Gasteiger partial charge in [0.1, 0.15) is 5.60 Å². The number of carbonyl (C=O) groups excluding carboxylic acids is 2. The molecule has 104 valence electrons. The van der Waals surface area contributed by atoms with Crippen LogP contribution in [0.25, 0.3) is 0 Å². The molecule has 5 heteroatoms. The molecule has 0 bridgehead atoms. The molecule has 0 aliphatic carbocycles. The molecule has 0 aromatic rings. The Morgan fingerprint density at radius 1 is 1.33 bits per heavy atom. The molecule has 18 heavy (non-hydrogen) atoms. The number of amides is 2. The number of hydrogen-bond donors (Lipinski definition) is 1. The summed E-state index contributed by atoms with van der Waals surface area (Å²) < 4.78 is 5.06. The van der Waals surface area contributed by atoms with Crippen LogP contribution in [-0.4, -0.2) is 35.6 Å². The SMILES string of the molecule is CC(=O)N1CCC(CCC(C)(C)OC(N)=O)CC1. The maximum Gasteiger partial charge on any atom is 0.405 e. The monoisotopic (exact) mass is 256 g/mol. The summed E-state index contributed by atoms with van der Waals surface area (Å²) >= 11 is 0. The van der Waals surface area contributed by atoms with Gasteiger partial charge >= 0.3 is 6.09 Å². The maximum atomic E-state index is 11.2. The van der Waals surface area contributed by atoms with Gasteiger partial charge in [-0.1, -0.05) is 0 Å². The first-order valence-corrected chi connectivity index (χ1v) is 6.54. The van der Waals surface area contributed by atoms with Gasteiger partial charge in [-0.15, -0.1) is 0 Å². The predicted octanol–water partition coefficient (Wildman–Crippen LogP) is 1.90. The third-order valence-corrected chi connectivity index (χ3v) is 3.59. The Morgan fingerprint density at radius 3 is 2.33 bits per heavy atom. The molecule has 2 N–H and O–H groups in total. The van der Waals surface area contributed by atoms with Crippen molar-refractivity contribution >= 4 is 12.0 Å². The quantitative estimate of drug-likeness (QED) is 0.835. The minimum absolute atomic E-state index is 0.158. The highest BCUT2D eigenvalue weighted by atomic mass is 16.6. The molecule has 0 atom stereocenters. The lowest BCUT2D eigenvalue weighted by Gasteiger charge is -2.33. The van der Waals surface area contributed by atoms with Crippen LogP contribution in [0.2, 0.25) is 0 Å². The molecular weight excluding hydrogens is 232 g/mol. The fourth-order valence-electron chi connectivity index (χ4n) is 2.41. The van der Waals surface area contributed by atoms with Crippen molar-refractivity contribution < 1.29 is 14.3 Å². The molecule has 0 aromatic carbocycles. The Morgan fingerprint density at radius 2 is 1.89 bits per heavy atom. The predicted molar refractivity (Wildman–Crippen MR) is 69.0 cm³/mol. The first-order valence-electron chi connectivity index (χ1n) is 6.54. The van der Waals surface area contributed by atoms with Gasteiger partial charge in [-0.3, -0.25) is 4.79 Å². The Balaban J connectivity index is 2.29. The van der Waals surface area contributed by atoms with Crippen molar-refractivity contribution in [1.29, 1.82) is 0 Å². The highest BCUT2D eigenvalue weighted by Crippen LogP contribution is 2.26. The Kier molecular flexibility index (Phi) is 4.99. The summed E-state index contributed by atoms with van der Waals surface area (Å²) in [4.78, 5) is 23.8. The number of piperidine rings is 1. The van der Waals surface area contributed by atoms with Crippen molar-refractivity contribution in [3.05, 3.63) is 0 Å². The first kappa shape index (κ1) is 14.8. The van der Waals surface area contributed by atoms with E-state index in [0.29, 0.717) is 5.92 Å². The highest BCUT2D eigenvalue weighted by molar-refractivity contribution is 5.73. The number of primary amides is 1. The zero-order valence-electron chi connectivity index (χ0n) is 11.6. The van der Waals surface area contributed by atoms with Gasteiger partial charge in [0.2, 0.25) is 5.91 Å². The normalized spacial score (nSPS) is 17.6.